The zero-order chi connectivity index (χ0) is 15.3. The number of H-pyrrole nitrogens is 1. The van der Waals surface area contributed by atoms with Gasteiger partial charge in [0.25, 0.3) is 5.56 Å². The minimum absolute atomic E-state index is 0.0535. The summed E-state index contributed by atoms with van der Waals surface area (Å²) in [6.07, 6.45) is -4.27. The molecule has 0 aliphatic carbocycles. The molecule has 10 nitrogen and oxygen atoms in total. The summed E-state index contributed by atoms with van der Waals surface area (Å²) in [6, 6.07) is 0. The van der Waals surface area contributed by atoms with E-state index in [0.29, 0.717) is 5.69 Å². The number of ether oxygens (including phenoxy) is 1. The van der Waals surface area contributed by atoms with Crippen molar-refractivity contribution in [3.63, 3.8) is 0 Å². The zero-order valence-electron chi connectivity index (χ0n) is 10.7. The van der Waals surface area contributed by atoms with Crippen molar-refractivity contribution in [1.82, 2.24) is 9.97 Å². The van der Waals surface area contributed by atoms with Gasteiger partial charge in [-0.2, -0.15) is 4.98 Å². The molecule has 2 aliphatic rings. The number of nitrogen functional groups attached to an aromatic ring is 1. The van der Waals surface area contributed by atoms with Crippen LogP contribution in [0.5, 0.6) is 0 Å². The first-order chi connectivity index (χ1) is 9.93. The predicted octanol–water partition coefficient (Wildman–Crippen LogP) is -2.27. The summed E-state index contributed by atoms with van der Waals surface area (Å²) in [7, 11) is 0. The predicted molar refractivity (Wildman–Crippen MR) is 80.9 cm³/mol. The molecule has 4 atom stereocenters. The number of fused-ring (bicyclic) bond motifs is 1. The largest absolute Gasteiger partial charge is 0.394 e. The molecule has 0 unspecified atom stereocenters. The van der Waals surface area contributed by atoms with Crippen molar-refractivity contribution in [2.24, 2.45) is 0 Å². The van der Waals surface area contributed by atoms with Gasteiger partial charge in [0.2, 0.25) is 5.95 Å². The fraction of sp³-hybridized carbons (Fsp3) is 0.600. The molecule has 11 heteroatoms. The van der Waals surface area contributed by atoms with Gasteiger partial charge in [0.15, 0.2) is 17.7 Å². The summed E-state index contributed by atoms with van der Waals surface area (Å²) in [5.74, 6) is 0.211. The number of nitrogens with two attached hydrogens (primary N) is 1. The highest BCUT2D eigenvalue weighted by Crippen LogP contribution is 2.38. The second-order valence-corrected chi connectivity index (χ2v) is 5.99. The van der Waals surface area contributed by atoms with Gasteiger partial charge in [-0.15, -0.1) is 0 Å². The fourth-order valence-electron chi connectivity index (χ4n) is 2.50. The average Bonchev–Trinajstić information content (AvgIpc) is 2.89. The standard InChI is InChI=1S/C10H14IN5O5/c11-16-2-15(7-4(16)8(20)14-10(12)13-7)9-6(19)5(18)3(1-17)21-9/h3,5-6,9,17-19H,1-2H2,(H3,12,13,14,20)/t3-,5-,6-,9-/m1/s1. The third-order valence-electron chi connectivity index (χ3n) is 3.51. The molecule has 0 amide bonds. The molecule has 3 rings (SSSR count). The Bertz CT molecular complexity index is 612. The van der Waals surface area contributed by atoms with Gasteiger partial charge < -0.3 is 30.7 Å². The number of aromatic amines is 1. The Labute approximate surface area is 132 Å². The van der Waals surface area contributed by atoms with E-state index in [4.69, 9.17) is 15.6 Å². The van der Waals surface area contributed by atoms with E-state index in [9.17, 15) is 15.0 Å². The van der Waals surface area contributed by atoms with E-state index < -0.39 is 36.7 Å². The molecule has 1 fully saturated rings. The first kappa shape index (κ1) is 14.8. The van der Waals surface area contributed by atoms with Crippen LogP contribution in [0.2, 0.25) is 0 Å². The van der Waals surface area contributed by atoms with Gasteiger partial charge in [-0.1, -0.05) is 0 Å². The molecule has 2 aliphatic heterocycles. The number of rotatable bonds is 2. The summed E-state index contributed by atoms with van der Waals surface area (Å²) in [6.45, 7) is -0.198. The first-order valence-electron chi connectivity index (χ1n) is 6.16. The molecule has 21 heavy (non-hydrogen) atoms. The minimum atomic E-state index is -1.24. The number of nitrogens with zero attached hydrogens (tertiary/aromatic N) is 3. The highest BCUT2D eigenvalue weighted by molar-refractivity contribution is 14.1. The van der Waals surface area contributed by atoms with Crippen LogP contribution >= 0.6 is 22.9 Å². The van der Waals surface area contributed by atoms with Gasteiger partial charge in [-0.3, -0.25) is 12.9 Å². The smallest absolute Gasteiger partial charge is 0.278 e. The Hall–Kier alpha value is -1.15. The molecule has 0 radical (unpaired) electrons. The average molecular weight is 411 g/mol. The third kappa shape index (κ3) is 2.24. The van der Waals surface area contributed by atoms with Crippen LogP contribution in [-0.2, 0) is 4.74 Å². The molecule has 0 saturated carbocycles. The van der Waals surface area contributed by atoms with E-state index in [-0.39, 0.29) is 18.4 Å². The maximum Gasteiger partial charge on any atom is 0.278 e. The van der Waals surface area contributed by atoms with E-state index in [1.165, 1.54) is 4.90 Å². The molecule has 0 aromatic carbocycles. The number of anilines is 3. The fourth-order valence-corrected chi connectivity index (χ4v) is 3.26. The van der Waals surface area contributed by atoms with Crippen LogP contribution in [0.4, 0.5) is 17.5 Å². The molecular weight excluding hydrogens is 397 g/mol. The Kier molecular flexibility index (Phi) is 3.69. The topological polar surface area (TPSA) is 148 Å². The van der Waals surface area contributed by atoms with Crippen molar-refractivity contribution in [2.45, 2.75) is 24.5 Å². The van der Waals surface area contributed by atoms with Gasteiger partial charge in [-0.25, -0.2) is 0 Å². The lowest BCUT2D eigenvalue weighted by molar-refractivity contribution is -0.0220. The van der Waals surface area contributed by atoms with Crippen molar-refractivity contribution in [3.8, 4) is 0 Å². The van der Waals surface area contributed by atoms with Gasteiger partial charge in [0.05, 0.1) is 29.5 Å². The summed E-state index contributed by atoms with van der Waals surface area (Å²) in [4.78, 5) is 19.9. The molecular formula is C10H14IN5O5. The van der Waals surface area contributed by atoms with Crippen LogP contribution in [0, 0.1) is 0 Å². The summed E-state index contributed by atoms with van der Waals surface area (Å²) in [5.41, 5.74) is 5.44. The van der Waals surface area contributed by atoms with Gasteiger partial charge >= 0.3 is 0 Å². The second-order valence-electron chi connectivity index (χ2n) is 4.83. The first-order valence-corrected chi connectivity index (χ1v) is 7.12. The zero-order valence-corrected chi connectivity index (χ0v) is 12.8. The molecule has 1 aromatic heterocycles. The van der Waals surface area contributed by atoms with Gasteiger partial charge in [-0.05, 0) is 0 Å². The van der Waals surface area contributed by atoms with Crippen LogP contribution in [0.1, 0.15) is 0 Å². The van der Waals surface area contributed by atoms with Crippen molar-refractivity contribution < 1.29 is 20.1 Å². The lowest BCUT2D eigenvalue weighted by Crippen LogP contribution is -2.45. The van der Waals surface area contributed by atoms with E-state index in [1.807, 2.05) is 22.9 Å². The monoisotopic (exact) mass is 411 g/mol. The lowest BCUT2D eigenvalue weighted by Gasteiger charge is -2.27. The van der Waals surface area contributed by atoms with Crippen molar-refractivity contribution >= 4 is 40.3 Å². The number of aromatic nitrogens is 2. The summed E-state index contributed by atoms with van der Waals surface area (Å²) in [5, 5.41) is 29.0. The van der Waals surface area contributed by atoms with Gasteiger partial charge in [0, 0.05) is 0 Å². The number of aliphatic hydroxyl groups is 3. The third-order valence-corrected chi connectivity index (χ3v) is 4.30. The number of nitrogens with one attached hydrogen (secondary N) is 1. The Balaban J connectivity index is 1.99. The minimum Gasteiger partial charge on any atom is -0.394 e. The molecule has 6 N–H and O–H groups in total. The van der Waals surface area contributed by atoms with Crippen LogP contribution in [-0.4, -0.2) is 63.1 Å². The maximum atomic E-state index is 11.9. The molecule has 1 aromatic rings. The number of halogens is 1. The normalized spacial score (nSPS) is 31.8. The SMILES string of the molecule is Nc1nc2c(c(=O)[nH]1)N(I)CN2[C@@H]1O[C@H](CO)[C@@H](O)[C@H]1O. The highest BCUT2D eigenvalue weighted by atomic mass is 127. The quantitative estimate of drug-likeness (QED) is 0.268. The van der Waals surface area contributed by atoms with Crippen LogP contribution in [0.3, 0.4) is 0 Å². The number of aliphatic hydroxyl groups excluding tert-OH is 3. The highest BCUT2D eigenvalue weighted by Gasteiger charge is 2.48. The van der Waals surface area contributed by atoms with E-state index in [0.717, 1.165) is 0 Å². The second kappa shape index (κ2) is 5.24. The van der Waals surface area contributed by atoms with Gasteiger partial charge in [0.1, 0.15) is 25.0 Å². The number of hydrogen-bond donors (Lipinski definition) is 5. The van der Waals surface area contributed by atoms with E-state index in [1.54, 1.807) is 3.11 Å². The Morgan fingerprint density at radius 1 is 1.48 bits per heavy atom. The van der Waals surface area contributed by atoms with Crippen LogP contribution < -0.4 is 19.3 Å². The Morgan fingerprint density at radius 3 is 2.81 bits per heavy atom. The number of hydrogen-bond acceptors (Lipinski definition) is 9. The van der Waals surface area contributed by atoms with Crippen molar-refractivity contribution in [3.05, 3.63) is 10.4 Å². The van der Waals surface area contributed by atoms with E-state index in [2.05, 4.69) is 9.97 Å². The molecule has 1 saturated heterocycles. The van der Waals surface area contributed by atoms with Crippen molar-refractivity contribution in [2.75, 3.05) is 27.0 Å². The molecule has 3 heterocycles. The Morgan fingerprint density at radius 2 is 2.19 bits per heavy atom. The van der Waals surface area contributed by atoms with Crippen molar-refractivity contribution in [1.29, 1.82) is 0 Å². The van der Waals surface area contributed by atoms with Crippen LogP contribution in [0.25, 0.3) is 0 Å². The molecule has 116 valence electrons. The summed E-state index contributed by atoms with van der Waals surface area (Å²) >= 11 is 1.93. The molecule has 0 bridgehead atoms. The van der Waals surface area contributed by atoms with Crippen LogP contribution in [0.15, 0.2) is 4.79 Å². The molecule has 0 spiro atoms. The summed E-state index contributed by atoms with van der Waals surface area (Å²) < 4.78 is 7.06. The maximum absolute atomic E-state index is 11.9. The van der Waals surface area contributed by atoms with E-state index >= 15 is 0 Å². The lowest BCUT2D eigenvalue weighted by atomic mass is 10.1.